The van der Waals surface area contributed by atoms with Crippen LogP contribution in [-0.4, -0.2) is 21.7 Å². The number of rotatable bonds is 3. The monoisotopic (exact) mass is 410 g/mol. The second-order valence-electron chi connectivity index (χ2n) is 6.88. The molecular weight excluding hydrogens is 393 g/mol. The minimum Gasteiger partial charge on any atom is -0.444 e. The molecule has 1 amide bonds. The number of benzene rings is 1. The molecule has 0 saturated heterocycles. The molecular formula is C18H17F3N4O2S. The Balaban J connectivity index is 1.77. The molecule has 0 bridgehead atoms. The van der Waals surface area contributed by atoms with E-state index in [0.29, 0.717) is 16.3 Å². The standard InChI is InChI=1S/C18H17F3N4O2S/c1-17(2,3)27-16(26)25-15-24-12-5-4-10(8-13(12)28-15)23-11-6-7-22-14(9-11)18(19,20)21/h4-9H,1-3H3,(H,22,23)(H,24,25,26). The Hall–Kier alpha value is -2.88. The molecule has 0 aliphatic carbocycles. The van der Waals surface area contributed by atoms with E-state index < -0.39 is 23.6 Å². The van der Waals surface area contributed by atoms with Crippen molar-refractivity contribution in [2.24, 2.45) is 0 Å². The van der Waals surface area contributed by atoms with Crippen LogP contribution in [0.2, 0.25) is 0 Å². The fraction of sp³-hybridized carbons (Fsp3) is 0.278. The molecule has 2 heterocycles. The minimum absolute atomic E-state index is 0.262. The molecule has 0 atom stereocenters. The van der Waals surface area contributed by atoms with E-state index in [1.165, 1.54) is 17.4 Å². The number of alkyl halides is 3. The van der Waals surface area contributed by atoms with E-state index in [2.05, 4.69) is 20.6 Å². The Morgan fingerprint density at radius 3 is 2.50 bits per heavy atom. The van der Waals surface area contributed by atoms with Gasteiger partial charge < -0.3 is 10.1 Å². The molecule has 1 aromatic carbocycles. The second-order valence-corrected chi connectivity index (χ2v) is 7.91. The van der Waals surface area contributed by atoms with Gasteiger partial charge in [0.25, 0.3) is 0 Å². The van der Waals surface area contributed by atoms with Gasteiger partial charge in [0.15, 0.2) is 5.13 Å². The van der Waals surface area contributed by atoms with Gasteiger partial charge in [0.1, 0.15) is 11.3 Å². The van der Waals surface area contributed by atoms with Gasteiger partial charge in [0.2, 0.25) is 0 Å². The predicted molar refractivity (Wildman–Crippen MR) is 102 cm³/mol. The molecule has 28 heavy (non-hydrogen) atoms. The van der Waals surface area contributed by atoms with E-state index >= 15 is 0 Å². The quantitative estimate of drug-likeness (QED) is 0.571. The lowest BCUT2D eigenvalue weighted by atomic mass is 10.2. The van der Waals surface area contributed by atoms with E-state index in [1.54, 1.807) is 39.0 Å². The maximum Gasteiger partial charge on any atom is 0.433 e. The number of carbonyl (C=O) groups excluding carboxylic acids is 1. The van der Waals surface area contributed by atoms with Crippen LogP contribution >= 0.6 is 11.3 Å². The minimum atomic E-state index is -4.51. The smallest absolute Gasteiger partial charge is 0.433 e. The predicted octanol–water partition coefficient (Wildman–Crippen LogP) is 5.80. The van der Waals surface area contributed by atoms with Crippen LogP contribution < -0.4 is 10.6 Å². The van der Waals surface area contributed by atoms with Crippen LogP contribution in [0.4, 0.5) is 34.5 Å². The van der Waals surface area contributed by atoms with Gasteiger partial charge >= 0.3 is 12.3 Å². The second kappa shape index (κ2) is 7.27. The molecule has 0 saturated carbocycles. The summed E-state index contributed by atoms with van der Waals surface area (Å²) in [7, 11) is 0. The van der Waals surface area contributed by atoms with Crippen LogP contribution in [-0.2, 0) is 10.9 Å². The van der Waals surface area contributed by atoms with E-state index in [4.69, 9.17) is 4.74 Å². The summed E-state index contributed by atoms with van der Waals surface area (Å²) in [4.78, 5) is 19.5. The summed E-state index contributed by atoms with van der Waals surface area (Å²) in [5, 5.41) is 5.86. The number of nitrogens with one attached hydrogen (secondary N) is 2. The largest absolute Gasteiger partial charge is 0.444 e. The number of halogens is 3. The molecule has 6 nitrogen and oxygen atoms in total. The number of nitrogens with zero attached hydrogens (tertiary/aromatic N) is 2. The lowest BCUT2D eigenvalue weighted by molar-refractivity contribution is -0.141. The average Bonchev–Trinajstić information content (AvgIpc) is 2.93. The van der Waals surface area contributed by atoms with Gasteiger partial charge in [-0.05, 0) is 51.1 Å². The first-order chi connectivity index (χ1) is 13.0. The maximum atomic E-state index is 12.8. The maximum absolute atomic E-state index is 12.8. The van der Waals surface area contributed by atoms with Gasteiger partial charge in [-0.1, -0.05) is 11.3 Å². The van der Waals surface area contributed by atoms with Crippen molar-refractivity contribution in [2.45, 2.75) is 32.5 Å². The zero-order valence-electron chi connectivity index (χ0n) is 15.2. The molecule has 148 valence electrons. The Bertz CT molecular complexity index is 1010. The van der Waals surface area contributed by atoms with Crippen molar-refractivity contribution in [3.63, 3.8) is 0 Å². The molecule has 3 aromatic rings. The number of amides is 1. The number of pyridine rings is 1. The lowest BCUT2D eigenvalue weighted by Crippen LogP contribution is -2.27. The molecule has 2 aromatic heterocycles. The zero-order valence-corrected chi connectivity index (χ0v) is 16.0. The zero-order chi connectivity index (χ0) is 20.5. The highest BCUT2D eigenvalue weighted by molar-refractivity contribution is 7.22. The molecule has 0 aliphatic rings. The van der Waals surface area contributed by atoms with Crippen LogP contribution in [0.5, 0.6) is 0 Å². The molecule has 0 fully saturated rings. The first kappa shape index (κ1) is 19.9. The van der Waals surface area contributed by atoms with Crippen molar-refractivity contribution < 1.29 is 22.7 Å². The third-order valence-electron chi connectivity index (χ3n) is 3.34. The van der Waals surface area contributed by atoms with Crippen molar-refractivity contribution in [2.75, 3.05) is 10.6 Å². The number of hydrogen-bond acceptors (Lipinski definition) is 6. The molecule has 2 N–H and O–H groups in total. The van der Waals surface area contributed by atoms with Gasteiger partial charge in [-0.2, -0.15) is 13.2 Å². The number of carbonyl (C=O) groups is 1. The summed E-state index contributed by atoms with van der Waals surface area (Å²) in [6, 6.07) is 7.52. The number of thiazole rings is 1. The molecule has 10 heteroatoms. The number of ether oxygens (including phenoxy) is 1. The van der Waals surface area contributed by atoms with E-state index in [-0.39, 0.29) is 5.69 Å². The van der Waals surface area contributed by atoms with Gasteiger partial charge in [-0.25, -0.2) is 9.78 Å². The Labute approximate surface area is 162 Å². The first-order valence-corrected chi connectivity index (χ1v) is 9.02. The fourth-order valence-corrected chi connectivity index (χ4v) is 3.17. The van der Waals surface area contributed by atoms with Gasteiger partial charge in [0.05, 0.1) is 10.2 Å². The summed E-state index contributed by atoms with van der Waals surface area (Å²) < 4.78 is 44.3. The van der Waals surface area contributed by atoms with Crippen molar-refractivity contribution in [1.29, 1.82) is 0 Å². The fourth-order valence-electron chi connectivity index (χ4n) is 2.28. The van der Waals surface area contributed by atoms with Crippen molar-refractivity contribution in [3.8, 4) is 0 Å². The number of fused-ring (bicyclic) bond motifs is 1. The van der Waals surface area contributed by atoms with Crippen molar-refractivity contribution in [1.82, 2.24) is 9.97 Å². The Morgan fingerprint density at radius 2 is 1.82 bits per heavy atom. The van der Waals surface area contributed by atoms with Crippen LogP contribution in [0.15, 0.2) is 36.5 Å². The molecule has 0 spiro atoms. The number of hydrogen-bond donors (Lipinski definition) is 2. The van der Waals surface area contributed by atoms with Crippen LogP contribution in [0.25, 0.3) is 10.2 Å². The lowest BCUT2D eigenvalue weighted by Gasteiger charge is -2.18. The van der Waals surface area contributed by atoms with Crippen molar-refractivity contribution in [3.05, 3.63) is 42.2 Å². The average molecular weight is 410 g/mol. The van der Waals surface area contributed by atoms with Crippen molar-refractivity contribution >= 4 is 44.2 Å². The summed E-state index contributed by atoms with van der Waals surface area (Å²) in [5.74, 6) is 0. The van der Waals surface area contributed by atoms with E-state index in [9.17, 15) is 18.0 Å². The van der Waals surface area contributed by atoms with Gasteiger partial charge in [0, 0.05) is 17.6 Å². The summed E-state index contributed by atoms with van der Waals surface area (Å²) in [6.07, 6.45) is -4.03. The third-order valence-corrected chi connectivity index (χ3v) is 4.27. The van der Waals surface area contributed by atoms with E-state index in [0.717, 1.165) is 17.0 Å². The number of aromatic nitrogens is 2. The summed E-state index contributed by atoms with van der Waals surface area (Å²) >= 11 is 1.23. The normalized spacial score (nSPS) is 12.1. The van der Waals surface area contributed by atoms with Crippen LogP contribution in [0.1, 0.15) is 26.5 Å². The van der Waals surface area contributed by atoms with Gasteiger partial charge in [-0.15, -0.1) is 0 Å². The van der Waals surface area contributed by atoms with E-state index in [1.807, 2.05) is 0 Å². The van der Waals surface area contributed by atoms with Crippen LogP contribution in [0, 0.1) is 0 Å². The molecule has 0 radical (unpaired) electrons. The number of anilines is 3. The molecule has 3 rings (SSSR count). The third kappa shape index (κ3) is 5.10. The Morgan fingerprint density at radius 1 is 1.11 bits per heavy atom. The molecule has 0 aliphatic heterocycles. The highest BCUT2D eigenvalue weighted by atomic mass is 32.1. The Kier molecular flexibility index (Phi) is 5.16. The molecule has 0 unspecified atom stereocenters. The topological polar surface area (TPSA) is 76.1 Å². The highest BCUT2D eigenvalue weighted by Crippen LogP contribution is 2.32. The van der Waals surface area contributed by atoms with Crippen LogP contribution in [0.3, 0.4) is 0 Å². The summed E-state index contributed by atoms with van der Waals surface area (Å²) in [6.45, 7) is 5.27. The SMILES string of the molecule is CC(C)(C)OC(=O)Nc1nc2ccc(Nc3ccnc(C(F)(F)F)c3)cc2s1. The van der Waals surface area contributed by atoms with Gasteiger partial charge in [-0.3, -0.25) is 10.3 Å². The highest BCUT2D eigenvalue weighted by Gasteiger charge is 2.32. The summed E-state index contributed by atoms with van der Waals surface area (Å²) in [5.41, 5.74) is -0.109. The first-order valence-electron chi connectivity index (χ1n) is 8.20.